The lowest BCUT2D eigenvalue weighted by molar-refractivity contribution is -0.121. The number of amides is 1. The molecule has 5 nitrogen and oxygen atoms in total. The molecule has 1 amide bonds. The maximum Gasteiger partial charge on any atom is 0.250 e. The maximum absolute atomic E-state index is 12.2. The van der Waals surface area contributed by atoms with E-state index in [0.717, 1.165) is 24.2 Å². The fourth-order valence-corrected chi connectivity index (χ4v) is 6.34. The number of hydrogen-bond acceptors (Lipinski definition) is 4. The molecule has 0 saturated heterocycles. The summed E-state index contributed by atoms with van der Waals surface area (Å²) in [4.78, 5) is 12.2. The quantitative estimate of drug-likeness (QED) is 0.850. The van der Waals surface area contributed by atoms with Gasteiger partial charge in [-0.2, -0.15) is 0 Å². The number of fused-ring (bicyclic) bond motifs is 2. The first-order chi connectivity index (χ1) is 10.7. The molecule has 128 valence electrons. The van der Waals surface area contributed by atoms with Gasteiger partial charge in [-0.1, -0.05) is 26.8 Å². The van der Waals surface area contributed by atoms with Gasteiger partial charge in [-0.05, 0) is 47.5 Å². The van der Waals surface area contributed by atoms with Crippen molar-refractivity contribution in [3.05, 3.63) is 17.5 Å². The van der Waals surface area contributed by atoms with E-state index in [2.05, 4.69) is 30.8 Å². The molecule has 2 N–H and O–H groups in total. The summed E-state index contributed by atoms with van der Waals surface area (Å²) >= 11 is 1.14. The maximum atomic E-state index is 12.2. The second-order valence-electron chi connectivity index (χ2n) is 7.49. The molecule has 1 aromatic heterocycles. The largest absolute Gasteiger partial charge is 0.352 e. The first kappa shape index (κ1) is 16.9. The minimum Gasteiger partial charge on any atom is -0.352 e. The first-order valence-corrected chi connectivity index (χ1v) is 10.4. The van der Waals surface area contributed by atoms with Gasteiger partial charge in [-0.15, -0.1) is 11.3 Å². The standard InChI is InChI=1S/C16H24N2O3S2/c1-15(2)11-6-7-16(15,3)12(9-11)18-13(19)10-17-23(20,21)14-5-4-8-22-14/h4-5,8,11-12,17H,6-7,9-10H2,1-3H3,(H,18,19)/t11-,12-,16-/m0/s1. The average Bonchev–Trinajstić information content (AvgIpc) is 3.12. The van der Waals surface area contributed by atoms with Gasteiger partial charge in [0.25, 0.3) is 10.0 Å². The van der Waals surface area contributed by atoms with Crippen LogP contribution in [-0.2, 0) is 14.8 Å². The zero-order chi connectivity index (χ0) is 16.9. The van der Waals surface area contributed by atoms with Crippen LogP contribution in [0, 0.1) is 16.7 Å². The second-order valence-corrected chi connectivity index (χ2v) is 10.4. The van der Waals surface area contributed by atoms with Crippen molar-refractivity contribution in [1.82, 2.24) is 10.0 Å². The van der Waals surface area contributed by atoms with Gasteiger partial charge in [0.2, 0.25) is 5.91 Å². The molecule has 0 spiro atoms. The number of hydrogen-bond donors (Lipinski definition) is 2. The van der Waals surface area contributed by atoms with Crippen LogP contribution in [0.2, 0.25) is 0 Å². The van der Waals surface area contributed by atoms with E-state index in [-0.39, 0.29) is 33.5 Å². The van der Waals surface area contributed by atoms with Gasteiger partial charge in [0.05, 0.1) is 6.54 Å². The summed E-state index contributed by atoms with van der Waals surface area (Å²) in [5.41, 5.74) is 0.321. The summed E-state index contributed by atoms with van der Waals surface area (Å²) in [6.07, 6.45) is 3.34. The zero-order valence-electron chi connectivity index (χ0n) is 13.8. The Morgan fingerprint density at radius 3 is 2.65 bits per heavy atom. The summed E-state index contributed by atoms with van der Waals surface area (Å²) in [5.74, 6) is 0.389. The van der Waals surface area contributed by atoms with Crippen molar-refractivity contribution in [1.29, 1.82) is 0 Å². The van der Waals surface area contributed by atoms with Crippen LogP contribution in [0.15, 0.2) is 21.7 Å². The predicted octanol–water partition coefficient (Wildman–Crippen LogP) is 2.36. The van der Waals surface area contributed by atoms with Crippen molar-refractivity contribution in [2.75, 3.05) is 6.54 Å². The molecule has 2 aliphatic carbocycles. The number of carbonyl (C=O) groups is 1. The van der Waals surface area contributed by atoms with Crippen LogP contribution < -0.4 is 10.0 Å². The van der Waals surface area contributed by atoms with E-state index in [1.54, 1.807) is 11.4 Å². The van der Waals surface area contributed by atoms with E-state index < -0.39 is 10.0 Å². The third kappa shape index (κ3) is 2.72. The molecule has 3 rings (SSSR count). The average molecular weight is 357 g/mol. The third-order valence-electron chi connectivity index (χ3n) is 6.31. The highest BCUT2D eigenvalue weighted by molar-refractivity contribution is 7.91. The van der Waals surface area contributed by atoms with E-state index in [1.807, 2.05) is 0 Å². The Labute approximate surface area is 141 Å². The minimum atomic E-state index is -3.59. The molecule has 1 aromatic rings. The van der Waals surface area contributed by atoms with Crippen LogP contribution in [-0.4, -0.2) is 26.9 Å². The van der Waals surface area contributed by atoms with E-state index in [4.69, 9.17) is 0 Å². The van der Waals surface area contributed by atoms with Crippen LogP contribution in [0.1, 0.15) is 40.0 Å². The SMILES string of the molecule is CC1(C)[C@H]2CC[C@@]1(C)[C@@H](NC(=O)CNS(=O)(=O)c1cccs1)C2. The Balaban J connectivity index is 1.59. The minimum absolute atomic E-state index is 0.0972. The smallest absolute Gasteiger partial charge is 0.250 e. The molecule has 0 radical (unpaired) electrons. The molecule has 2 saturated carbocycles. The van der Waals surface area contributed by atoms with Crippen molar-refractivity contribution >= 4 is 27.3 Å². The highest BCUT2D eigenvalue weighted by Gasteiger charge is 2.61. The van der Waals surface area contributed by atoms with Crippen molar-refractivity contribution < 1.29 is 13.2 Å². The summed E-state index contributed by atoms with van der Waals surface area (Å²) in [6.45, 7) is 6.62. The Bertz CT molecular complexity index is 697. The lowest BCUT2D eigenvalue weighted by atomic mass is 9.69. The predicted molar refractivity (Wildman–Crippen MR) is 90.7 cm³/mol. The summed E-state index contributed by atoms with van der Waals surface area (Å²) < 4.78 is 26.7. The molecule has 2 bridgehead atoms. The normalized spacial score (nSPS) is 32.1. The van der Waals surface area contributed by atoms with Gasteiger partial charge in [0.1, 0.15) is 4.21 Å². The summed E-state index contributed by atoms with van der Waals surface area (Å²) in [6, 6.07) is 3.34. The number of sulfonamides is 1. The zero-order valence-corrected chi connectivity index (χ0v) is 15.4. The fraction of sp³-hybridized carbons (Fsp3) is 0.688. The van der Waals surface area contributed by atoms with Crippen LogP contribution in [0.5, 0.6) is 0 Å². The Morgan fingerprint density at radius 2 is 2.13 bits per heavy atom. The monoisotopic (exact) mass is 356 g/mol. The number of carbonyl (C=O) groups excluding carboxylic acids is 1. The molecular formula is C16H24N2O3S2. The second kappa shape index (κ2) is 5.57. The molecule has 0 unspecified atom stereocenters. The topological polar surface area (TPSA) is 75.3 Å². The Kier molecular flexibility index (Phi) is 4.09. The van der Waals surface area contributed by atoms with Crippen LogP contribution in [0.3, 0.4) is 0 Å². The Morgan fingerprint density at radius 1 is 1.39 bits per heavy atom. The molecule has 0 aliphatic heterocycles. The van der Waals surface area contributed by atoms with E-state index in [1.165, 1.54) is 12.5 Å². The van der Waals surface area contributed by atoms with E-state index >= 15 is 0 Å². The van der Waals surface area contributed by atoms with Crippen LogP contribution >= 0.6 is 11.3 Å². The summed E-state index contributed by atoms with van der Waals surface area (Å²) in [5, 5.41) is 4.76. The molecule has 3 atom stereocenters. The molecular weight excluding hydrogens is 332 g/mol. The van der Waals surface area contributed by atoms with Crippen molar-refractivity contribution in [2.24, 2.45) is 16.7 Å². The van der Waals surface area contributed by atoms with Crippen molar-refractivity contribution in [3.63, 3.8) is 0 Å². The van der Waals surface area contributed by atoms with Crippen LogP contribution in [0.25, 0.3) is 0 Å². The van der Waals surface area contributed by atoms with Gasteiger partial charge >= 0.3 is 0 Å². The molecule has 2 aliphatic rings. The van der Waals surface area contributed by atoms with Crippen LogP contribution in [0.4, 0.5) is 0 Å². The van der Waals surface area contributed by atoms with Gasteiger partial charge in [-0.3, -0.25) is 4.79 Å². The number of rotatable bonds is 5. The first-order valence-electron chi connectivity index (χ1n) is 7.99. The molecule has 23 heavy (non-hydrogen) atoms. The lowest BCUT2D eigenvalue weighted by Gasteiger charge is -2.39. The van der Waals surface area contributed by atoms with Gasteiger partial charge in [0, 0.05) is 6.04 Å². The van der Waals surface area contributed by atoms with E-state index in [0.29, 0.717) is 5.92 Å². The van der Waals surface area contributed by atoms with E-state index in [9.17, 15) is 13.2 Å². The highest BCUT2D eigenvalue weighted by Crippen LogP contribution is 2.65. The summed E-state index contributed by atoms with van der Waals surface area (Å²) in [7, 11) is -3.59. The van der Waals surface area contributed by atoms with Crippen molar-refractivity contribution in [2.45, 2.75) is 50.3 Å². The van der Waals surface area contributed by atoms with Gasteiger partial charge in [0.15, 0.2) is 0 Å². The number of thiophene rings is 1. The van der Waals surface area contributed by atoms with Crippen molar-refractivity contribution in [3.8, 4) is 0 Å². The van der Waals surface area contributed by atoms with Gasteiger partial charge < -0.3 is 5.32 Å². The van der Waals surface area contributed by atoms with Gasteiger partial charge in [-0.25, -0.2) is 13.1 Å². The molecule has 0 aromatic carbocycles. The fourth-order valence-electron chi connectivity index (χ4n) is 4.32. The lowest BCUT2D eigenvalue weighted by Crippen LogP contribution is -2.49. The molecule has 1 heterocycles. The highest BCUT2D eigenvalue weighted by atomic mass is 32.2. The molecule has 2 fully saturated rings. The third-order valence-corrected chi connectivity index (χ3v) is 9.11. The number of nitrogens with one attached hydrogen (secondary N) is 2. The Hall–Kier alpha value is -0.920. The molecule has 7 heteroatoms.